The van der Waals surface area contributed by atoms with Gasteiger partial charge in [-0.1, -0.05) is 64.1 Å². The minimum atomic E-state index is -1.74. The molecule has 0 saturated heterocycles. The average Bonchev–Trinajstić information content (AvgIpc) is 2.47. The van der Waals surface area contributed by atoms with Gasteiger partial charge in [0.25, 0.3) is 5.91 Å². The van der Waals surface area contributed by atoms with Crippen molar-refractivity contribution in [1.82, 2.24) is 5.32 Å². The van der Waals surface area contributed by atoms with Crippen molar-refractivity contribution in [3.8, 4) is 0 Å². The third-order valence-electron chi connectivity index (χ3n) is 3.04. The van der Waals surface area contributed by atoms with Crippen LogP contribution in [-0.2, 0) is 0 Å². The van der Waals surface area contributed by atoms with Gasteiger partial charge in [0.15, 0.2) is 0 Å². The molecule has 0 fully saturated rings. The van der Waals surface area contributed by atoms with Crippen LogP contribution in [0.4, 0.5) is 5.69 Å². The van der Waals surface area contributed by atoms with Crippen LogP contribution in [0.25, 0.3) is 0 Å². The molecule has 0 spiro atoms. The second kappa shape index (κ2) is 7.63. The number of aryl methyl sites for hydroxylation is 1. The molecule has 1 atom stereocenters. The minimum Gasteiger partial charge on any atom is -0.362 e. The van der Waals surface area contributed by atoms with Gasteiger partial charge in [0, 0.05) is 16.3 Å². The molecule has 0 saturated carbocycles. The Morgan fingerprint density at radius 1 is 1.09 bits per heavy atom. The Balaban J connectivity index is 2.16. The molecular weight excluding hydrogens is 378 g/mol. The van der Waals surface area contributed by atoms with Gasteiger partial charge in [0.2, 0.25) is 3.79 Å². The van der Waals surface area contributed by atoms with Crippen molar-refractivity contribution in [2.75, 3.05) is 5.32 Å². The smallest absolute Gasteiger partial charge is 0.252 e. The normalized spacial score (nSPS) is 12.6. The summed E-state index contributed by atoms with van der Waals surface area (Å²) >= 11 is 23.8. The first-order valence-electron chi connectivity index (χ1n) is 6.72. The Labute approximate surface area is 154 Å². The van der Waals surface area contributed by atoms with E-state index in [1.165, 1.54) is 0 Å². The monoisotopic (exact) mass is 390 g/mol. The number of amides is 1. The van der Waals surface area contributed by atoms with Crippen LogP contribution in [-0.4, -0.2) is 15.9 Å². The molecule has 23 heavy (non-hydrogen) atoms. The summed E-state index contributed by atoms with van der Waals surface area (Å²) in [5.41, 5.74) is 2.12. The molecule has 0 heterocycles. The molecule has 0 bridgehead atoms. The van der Waals surface area contributed by atoms with Gasteiger partial charge in [0.1, 0.15) is 6.17 Å². The zero-order chi connectivity index (χ0) is 17.0. The summed E-state index contributed by atoms with van der Waals surface area (Å²) in [4.78, 5) is 12.4. The van der Waals surface area contributed by atoms with Crippen LogP contribution in [0.15, 0.2) is 48.5 Å². The fraction of sp³-hybridized carbons (Fsp3) is 0.188. The quantitative estimate of drug-likeness (QED) is 0.556. The van der Waals surface area contributed by atoms with Gasteiger partial charge >= 0.3 is 0 Å². The maximum absolute atomic E-state index is 12.4. The van der Waals surface area contributed by atoms with E-state index >= 15 is 0 Å². The Kier molecular flexibility index (Phi) is 6.04. The largest absolute Gasteiger partial charge is 0.362 e. The molecule has 122 valence electrons. The van der Waals surface area contributed by atoms with E-state index in [4.69, 9.17) is 46.4 Å². The summed E-state index contributed by atoms with van der Waals surface area (Å²) < 4.78 is -1.74. The van der Waals surface area contributed by atoms with Crippen LogP contribution in [0.5, 0.6) is 0 Å². The maximum Gasteiger partial charge on any atom is 0.252 e. The number of anilines is 1. The highest BCUT2D eigenvalue weighted by molar-refractivity contribution is 6.68. The Bertz CT molecular complexity index is 683. The topological polar surface area (TPSA) is 41.1 Å². The zero-order valence-corrected chi connectivity index (χ0v) is 15.1. The van der Waals surface area contributed by atoms with Crippen molar-refractivity contribution >= 4 is 58.0 Å². The van der Waals surface area contributed by atoms with Gasteiger partial charge in [-0.05, 0) is 43.3 Å². The first-order valence-corrected chi connectivity index (χ1v) is 8.23. The summed E-state index contributed by atoms with van der Waals surface area (Å²) in [6.45, 7) is 1.90. The Hall–Kier alpha value is -1.13. The summed E-state index contributed by atoms with van der Waals surface area (Å²) in [6.07, 6.45) is -0.915. The number of nitrogens with one attached hydrogen (secondary N) is 2. The molecule has 2 rings (SSSR count). The number of rotatable bonds is 4. The van der Waals surface area contributed by atoms with Crippen LogP contribution in [0.2, 0.25) is 5.02 Å². The zero-order valence-electron chi connectivity index (χ0n) is 12.1. The van der Waals surface area contributed by atoms with Crippen LogP contribution < -0.4 is 10.6 Å². The van der Waals surface area contributed by atoms with E-state index < -0.39 is 9.96 Å². The lowest BCUT2D eigenvalue weighted by Gasteiger charge is -2.27. The predicted octanol–water partition coefficient (Wildman–Crippen LogP) is 5.19. The number of benzene rings is 2. The van der Waals surface area contributed by atoms with E-state index in [1.54, 1.807) is 42.5 Å². The molecule has 3 nitrogen and oxygen atoms in total. The highest BCUT2D eigenvalue weighted by Crippen LogP contribution is 2.31. The number of halogens is 4. The highest BCUT2D eigenvalue weighted by atomic mass is 35.6. The molecule has 2 aromatic carbocycles. The summed E-state index contributed by atoms with van der Waals surface area (Å²) in [6, 6.07) is 14.0. The highest BCUT2D eigenvalue weighted by Gasteiger charge is 2.34. The third kappa shape index (κ3) is 5.47. The first-order chi connectivity index (χ1) is 10.8. The molecule has 0 aromatic heterocycles. The van der Waals surface area contributed by atoms with Crippen LogP contribution in [0, 0.1) is 6.92 Å². The van der Waals surface area contributed by atoms with Gasteiger partial charge in [-0.2, -0.15) is 0 Å². The molecule has 0 unspecified atom stereocenters. The molecule has 0 aliphatic heterocycles. The van der Waals surface area contributed by atoms with Gasteiger partial charge in [0.05, 0.1) is 0 Å². The number of carbonyl (C=O) groups excluding carboxylic acids is 1. The maximum atomic E-state index is 12.4. The summed E-state index contributed by atoms with van der Waals surface area (Å²) in [5.74, 6) is -0.341. The molecule has 0 aliphatic rings. The third-order valence-corrected chi connectivity index (χ3v) is 3.94. The van der Waals surface area contributed by atoms with Crippen molar-refractivity contribution in [3.63, 3.8) is 0 Å². The first kappa shape index (κ1) is 18.2. The lowest BCUT2D eigenvalue weighted by Crippen LogP contribution is -2.49. The van der Waals surface area contributed by atoms with Crippen molar-refractivity contribution < 1.29 is 4.79 Å². The molecular formula is C16H14Cl4N2O. The lowest BCUT2D eigenvalue weighted by molar-refractivity contribution is 0.0941. The molecule has 2 aromatic rings. The van der Waals surface area contributed by atoms with E-state index in [-0.39, 0.29) is 5.91 Å². The molecule has 0 aliphatic carbocycles. The Morgan fingerprint density at radius 2 is 1.74 bits per heavy atom. The number of hydrogen-bond acceptors (Lipinski definition) is 2. The van der Waals surface area contributed by atoms with Gasteiger partial charge in [-0.25, -0.2) is 0 Å². The fourth-order valence-corrected chi connectivity index (χ4v) is 2.37. The number of alkyl halides is 3. The van der Waals surface area contributed by atoms with Crippen LogP contribution >= 0.6 is 46.4 Å². The average molecular weight is 392 g/mol. The van der Waals surface area contributed by atoms with E-state index in [9.17, 15) is 4.79 Å². The molecule has 2 N–H and O–H groups in total. The van der Waals surface area contributed by atoms with Crippen molar-refractivity contribution in [3.05, 3.63) is 64.7 Å². The molecule has 1 amide bonds. The van der Waals surface area contributed by atoms with E-state index in [2.05, 4.69) is 10.6 Å². The van der Waals surface area contributed by atoms with E-state index in [0.29, 0.717) is 16.3 Å². The molecule has 0 radical (unpaired) electrons. The standard InChI is InChI=1S/C16H14Cl4N2O/c1-10-3-2-4-11(9-10)14(23)22-15(16(18,19)20)21-13-7-5-12(17)6-8-13/h2-9,15,21H,1H3,(H,22,23)/t15-/m1/s1. The van der Waals surface area contributed by atoms with Crippen LogP contribution in [0.1, 0.15) is 15.9 Å². The second-order valence-electron chi connectivity index (χ2n) is 4.97. The van der Waals surface area contributed by atoms with Crippen LogP contribution in [0.3, 0.4) is 0 Å². The van der Waals surface area contributed by atoms with Gasteiger partial charge < -0.3 is 10.6 Å². The van der Waals surface area contributed by atoms with Crippen molar-refractivity contribution in [2.45, 2.75) is 16.9 Å². The SMILES string of the molecule is Cc1cccc(C(=O)N[C@@H](Nc2ccc(Cl)cc2)C(Cl)(Cl)Cl)c1. The van der Waals surface area contributed by atoms with Crippen molar-refractivity contribution in [2.24, 2.45) is 0 Å². The fourth-order valence-electron chi connectivity index (χ4n) is 1.91. The van der Waals surface area contributed by atoms with Gasteiger partial charge in [-0.15, -0.1) is 0 Å². The summed E-state index contributed by atoms with van der Waals surface area (Å²) in [7, 11) is 0. The Morgan fingerprint density at radius 3 is 2.30 bits per heavy atom. The lowest BCUT2D eigenvalue weighted by atomic mass is 10.1. The number of carbonyl (C=O) groups is 1. The van der Waals surface area contributed by atoms with E-state index in [1.807, 2.05) is 13.0 Å². The summed E-state index contributed by atoms with van der Waals surface area (Å²) in [5, 5.41) is 6.25. The second-order valence-corrected chi connectivity index (χ2v) is 7.77. The van der Waals surface area contributed by atoms with E-state index in [0.717, 1.165) is 5.56 Å². The van der Waals surface area contributed by atoms with Crippen molar-refractivity contribution in [1.29, 1.82) is 0 Å². The molecule has 7 heteroatoms. The predicted molar refractivity (Wildman–Crippen MR) is 97.8 cm³/mol. The van der Waals surface area contributed by atoms with Gasteiger partial charge in [-0.3, -0.25) is 4.79 Å². The number of hydrogen-bond donors (Lipinski definition) is 2. The minimum absolute atomic E-state index is 0.341.